The van der Waals surface area contributed by atoms with Crippen molar-refractivity contribution >= 4 is 23.8 Å². The van der Waals surface area contributed by atoms with Crippen LogP contribution in [0.4, 0.5) is 0 Å². The standard InChI is InChI=1S/C36H41NO8/c1-17(2)22-13-21(12-11-19-7-9-20(15-38)10-8-19)28(39)24-23(22)14-34(5)16-35(6)26(18(3)4)30(41)25(33(37)44)31(42)36(35,45)32(43)27(34)29(24)40/h7-10,13,15,17-18,25-27,30,32,39,41,43,45H,14,16H2,1-6H3,(H2,37,44)/t25-,26+,27-,30?,32?,34-,35-,36+/m1/s1. The Kier molecular flexibility index (Phi) is 7.89. The van der Waals surface area contributed by atoms with E-state index in [9.17, 15) is 39.6 Å². The number of Topliss-reactive ketones (excluding diaryl/α,β-unsaturated/α-hetero) is 2. The predicted molar refractivity (Wildman–Crippen MR) is 165 cm³/mol. The zero-order valence-corrected chi connectivity index (χ0v) is 26.4. The molecule has 9 heteroatoms. The summed E-state index contributed by atoms with van der Waals surface area (Å²) in [7, 11) is 0. The van der Waals surface area contributed by atoms with E-state index in [2.05, 4.69) is 11.8 Å². The molecule has 45 heavy (non-hydrogen) atoms. The minimum atomic E-state index is -2.57. The fourth-order valence-corrected chi connectivity index (χ4v) is 9.02. The second-order valence-electron chi connectivity index (χ2n) is 14.3. The summed E-state index contributed by atoms with van der Waals surface area (Å²) < 4.78 is 0. The molecule has 2 saturated carbocycles. The molecule has 5 rings (SSSR count). The van der Waals surface area contributed by atoms with E-state index in [0.717, 1.165) is 11.8 Å². The number of aldehydes is 1. The van der Waals surface area contributed by atoms with Crippen molar-refractivity contribution in [2.75, 3.05) is 0 Å². The number of phenols is 1. The first-order chi connectivity index (χ1) is 20.9. The fraction of sp³-hybridized carbons (Fsp3) is 0.500. The number of benzene rings is 2. The molecular formula is C36H41NO8. The van der Waals surface area contributed by atoms with Crippen LogP contribution in [-0.2, 0) is 16.0 Å². The second-order valence-corrected chi connectivity index (χ2v) is 14.3. The quantitative estimate of drug-likeness (QED) is 0.198. The summed E-state index contributed by atoms with van der Waals surface area (Å²) >= 11 is 0. The molecule has 3 aliphatic rings. The van der Waals surface area contributed by atoms with Gasteiger partial charge in [-0.15, -0.1) is 0 Å². The molecule has 6 N–H and O–H groups in total. The molecule has 3 aliphatic carbocycles. The highest BCUT2D eigenvalue weighted by Crippen LogP contribution is 2.66. The lowest BCUT2D eigenvalue weighted by atomic mass is 9.39. The van der Waals surface area contributed by atoms with Crippen molar-refractivity contribution in [1.29, 1.82) is 0 Å². The molecule has 2 unspecified atom stereocenters. The third-order valence-corrected chi connectivity index (χ3v) is 10.8. The van der Waals surface area contributed by atoms with Gasteiger partial charge in [0.05, 0.1) is 23.1 Å². The van der Waals surface area contributed by atoms with Crippen molar-refractivity contribution < 1.29 is 39.6 Å². The monoisotopic (exact) mass is 615 g/mol. The van der Waals surface area contributed by atoms with E-state index in [0.29, 0.717) is 16.7 Å². The summed E-state index contributed by atoms with van der Waals surface area (Å²) in [6.45, 7) is 11.0. The summed E-state index contributed by atoms with van der Waals surface area (Å²) in [5.74, 6) is -1.55. The van der Waals surface area contributed by atoms with Gasteiger partial charge in [0, 0.05) is 16.5 Å². The second kappa shape index (κ2) is 10.9. The molecule has 238 valence electrons. The van der Waals surface area contributed by atoms with E-state index < -0.39 is 63.9 Å². The Labute approximate surface area is 262 Å². The van der Waals surface area contributed by atoms with Gasteiger partial charge >= 0.3 is 0 Å². The molecule has 0 aromatic heterocycles. The Hall–Kier alpha value is -3.84. The summed E-state index contributed by atoms with van der Waals surface area (Å²) in [4.78, 5) is 51.9. The molecule has 8 atom stereocenters. The Morgan fingerprint density at radius 3 is 2.22 bits per heavy atom. The highest BCUT2D eigenvalue weighted by molar-refractivity contribution is 6.09. The maximum absolute atomic E-state index is 14.5. The first-order valence-electron chi connectivity index (χ1n) is 15.4. The van der Waals surface area contributed by atoms with Gasteiger partial charge in [-0.25, -0.2) is 0 Å². The lowest BCUT2D eigenvalue weighted by Crippen LogP contribution is -2.79. The zero-order valence-electron chi connectivity index (χ0n) is 26.4. The smallest absolute Gasteiger partial charge is 0.230 e. The lowest BCUT2D eigenvalue weighted by molar-refractivity contribution is -0.265. The number of amides is 1. The number of nitrogens with two attached hydrogens (primary N) is 1. The molecule has 0 bridgehead atoms. The molecule has 0 spiro atoms. The SMILES string of the molecule is CC(C)c1cc(C#Cc2ccc(C=O)cc2)c(O)c2c1C[C@]1(C)C[C@]3(C)[C@@H](C(C)C)C(O)[C@@H](C(N)=O)C(=O)[C@]3(O)C(O)[C@H]1C2=O. The highest BCUT2D eigenvalue weighted by Gasteiger charge is 2.76. The van der Waals surface area contributed by atoms with Crippen LogP contribution in [0.2, 0.25) is 0 Å². The van der Waals surface area contributed by atoms with Gasteiger partial charge in [-0.1, -0.05) is 65.5 Å². The number of ketones is 2. The number of aromatic hydroxyl groups is 1. The number of hydrogen-bond acceptors (Lipinski definition) is 8. The number of carbonyl (C=O) groups excluding carboxylic acids is 4. The van der Waals surface area contributed by atoms with Crippen LogP contribution >= 0.6 is 0 Å². The number of fused-ring (bicyclic) bond motifs is 3. The summed E-state index contributed by atoms with van der Waals surface area (Å²) in [6.07, 6.45) is -2.38. The summed E-state index contributed by atoms with van der Waals surface area (Å²) in [5.41, 5.74) is 3.27. The van der Waals surface area contributed by atoms with Crippen molar-refractivity contribution in [2.45, 2.75) is 78.1 Å². The third kappa shape index (κ3) is 4.57. The maximum Gasteiger partial charge on any atom is 0.230 e. The number of phenolic OH excluding ortho intramolecular Hbond substituents is 1. The minimum Gasteiger partial charge on any atom is -0.506 e. The number of primary amides is 1. The Morgan fingerprint density at radius 2 is 1.69 bits per heavy atom. The zero-order chi connectivity index (χ0) is 33.4. The van der Waals surface area contributed by atoms with Crippen LogP contribution in [0.25, 0.3) is 0 Å². The van der Waals surface area contributed by atoms with E-state index in [1.807, 2.05) is 34.6 Å². The van der Waals surface area contributed by atoms with Crippen molar-refractivity contribution in [1.82, 2.24) is 0 Å². The van der Waals surface area contributed by atoms with Gasteiger partial charge in [0.25, 0.3) is 0 Å². The van der Waals surface area contributed by atoms with E-state index >= 15 is 0 Å². The minimum absolute atomic E-state index is 0.00863. The van der Waals surface area contributed by atoms with E-state index in [4.69, 9.17) is 5.73 Å². The Morgan fingerprint density at radius 1 is 1.07 bits per heavy atom. The lowest BCUT2D eigenvalue weighted by Gasteiger charge is -2.66. The van der Waals surface area contributed by atoms with Crippen molar-refractivity contribution in [3.8, 4) is 17.6 Å². The molecular weight excluding hydrogens is 574 g/mol. The van der Waals surface area contributed by atoms with Gasteiger partial charge in [0.2, 0.25) is 5.91 Å². The molecule has 9 nitrogen and oxygen atoms in total. The van der Waals surface area contributed by atoms with Crippen molar-refractivity contribution in [2.24, 2.45) is 40.2 Å². The van der Waals surface area contributed by atoms with Gasteiger partial charge in [-0.05, 0) is 65.3 Å². The molecule has 0 radical (unpaired) electrons. The van der Waals surface area contributed by atoms with Crippen molar-refractivity contribution in [3.63, 3.8) is 0 Å². The van der Waals surface area contributed by atoms with Gasteiger partial charge in [-0.3, -0.25) is 19.2 Å². The normalized spacial score (nSPS) is 34.0. The summed E-state index contributed by atoms with van der Waals surface area (Å²) in [6, 6.07) is 8.35. The molecule has 0 aliphatic heterocycles. The maximum atomic E-state index is 14.5. The molecule has 1 amide bonds. The van der Waals surface area contributed by atoms with Gasteiger partial charge in [0.15, 0.2) is 17.2 Å². The van der Waals surface area contributed by atoms with Crippen molar-refractivity contribution in [3.05, 3.63) is 63.7 Å². The van der Waals surface area contributed by atoms with Crippen LogP contribution < -0.4 is 5.73 Å². The fourth-order valence-electron chi connectivity index (χ4n) is 9.02. The van der Waals surface area contributed by atoms with E-state index in [-0.39, 0.29) is 41.6 Å². The molecule has 2 aromatic carbocycles. The Bertz CT molecular complexity index is 1670. The first-order valence-corrected chi connectivity index (χ1v) is 15.4. The van der Waals surface area contributed by atoms with Crippen LogP contribution in [0.15, 0.2) is 30.3 Å². The van der Waals surface area contributed by atoms with Crippen LogP contribution in [0.1, 0.15) is 96.9 Å². The molecule has 2 aromatic rings. The average Bonchev–Trinajstić information content (AvgIpc) is 2.94. The van der Waals surface area contributed by atoms with Crippen LogP contribution in [0.5, 0.6) is 5.75 Å². The van der Waals surface area contributed by atoms with Gasteiger partial charge in [-0.2, -0.15) is 0 Å². The first kappa shape index (κ1) is 32.6. The van der Waals surface area contributed by atoms with E-state index in [1.54, 1.807) is 37.3 Å². The molecule has 0 heterocycles. The summed E-state index contributed by atoms with van der Waals surface area (Å²) in [5, 5.41) is 47.2. The molecule has 0 saturated heterocycles. The van der Waals surface area contributed by atoms with Gasteiger partial charge in [0.1, 0.15) is 24.1 Å². The number of hydrogen-bond donors (Lipinski definition) is 5. The number of rotatable bonds is 4. The highest BCUT2D eigenvalue weighted by atomic mass is 16.4. The number of aliphatic hydroxyl groups is 3. The third-order valence-electron chi connectivity index (χ3n) is 10.8. The Balaban J connectivity index is 1.69. The predicted octanol–water partition coefficient (Wildman–Crippen LogP) is 2.91. The van der Waals surface area contributed by atoms with Gasteiger partial charge < -0.3 is 26.2 Å². The number of aliphatic hydroxyl groups excluding tert-OH is 2. The van der Waals surface area contributed by atoms with Crippen LogP contribution in [0.3, 0.4) is 0 Å². The average molecular weight is 616 g/mol. The topological polar surface area (TPSA) is 175 Å². The van der Waals surface area contributed by atoms with E-state index in [1.165, 1.54) is 0 Å². The largest absolute Gasteiger partial charge is 0.506 e. The van der Waals surface area contributed by atoms with Crippen LogP contribution in [-0.4, -0.2) is 62.0 Å². The van der Waals surface area contributed by atoms with Crippen LogP contribution in [0, 0.1) is 46.3 Å². The molecule has 2 fully saturated rings. The number of carbonyl (C=O) groups is 4.